The highest BCUT2D eigenvalue weighted by atomic mass is 32.1. The molecule has 1 aromatic heterocycles. The molecule has 120 valence electrons. The first-order chi connectivity index (χ1) is 11.2. The Morgan fingerprint density at radius 1 is 1.22 bits per heavy atom. The van der Waals surface area contributed by atoms with E-state index in [1.54, 1.807) is 19.4 Å². The minimum atomic E-state index is 0.520. The molecule has 0 unspecified atom stereocenters. The number of nitrogens with one attached hydrogen (secondary N) is 2. The van der Waals surface area contributed by atoms with Gasteiger partial charge in [0.05, 0.1) is 19.0 Å². The predicted molar refractivity (Wildman–Crippen MR) is 91.3 cm³/mol. The summed E-state index contributed by atoms with van der Waals surface area (Å²) in [7, 11) is 1.58. The maximum Gasteiger partial charge on any atom is 0.213 e. The van der Waals surface area contributed by atoms with Crippen LogP contribution in [0, 0.1) is 0 Å². The largest absolute Gasteiger partial charge is 0.486 e. The maximum absolute atomic E-state index is 5.57. The quantitative estimate of drug-likeness (QED) is 0.834. The van der Waals surface area contributed by atoms with Gasteiger partial charge in [-0.3, -0.25) is 0 Å². The van der Waals surface area contributed by atoms with Crippen LogP contribution < -0.4 is 24.8 Å². The van der Waals surface area contributed by atoms with Gasteiger partial charge in [0.25, 0.3) is 0 Å². The summed E-state index contributed by atoms with van der Waals surface area (Å²) in [6, 6.07) is 9.47. The molecule has 23 heavy (non-hydrogen) atoms. The molecule has 0 spiro atoms. The molecule has 0 aliphatic carbocycles. The number of ether oxygens (including phenoxy) is 3. The first-order valence-corrected chi connectivity index (χ1v) is 7.59. The Morgan fingerprint density at radius 2 is 2.04 bits per heavy atom. The molecule has 0 amide bonds. The van der Waals surface area contributed by atoms with Gasteiger partial charge in [0.1, 0.15) is 13.2 Å². The molecule has 2 aromatic rings. The SMILES string of the molecule is COc1ccc(NC(=S)NCc2ccc3c(c2)OCCO3)cn1. The zero-order valence-electron chi connectivity index (χ0n) is 12.7. The molecule has 0 saturated heterocycles. The van der Waals surface area contributed by atoms with E-state index in [-0.39, 0.29) is 0 Å². The molecule has 0 saturated carbocycles. The lowest BCUT2D eigenvalue weighted by atomic mass is 10.2. The smallest absolute Gasteiger partial charge is 0.213 e. The number of aromatic nitrogens is 1. The van der Waals surface area contributed by atoms with Crippen LogP contribution in [0.3, 0.4) is 0 Å². The van der Waals surface area contributed by atoms with Crippen LogP contribution in [0.4, 0.5) is 5.69 Å². The summed E-state index contributed by atoms with van der Waals surface area (Å²) in [5.41, 5.74) is 1.86. The Bertz CT molecular complexity index is 691. The molecule has 0 fully saturated rings. The Morgan fingerprint density at radius 3 is 2.78 bits per heavy atom. The van der Waals surface area contributed by atoms with Crippen molar-refractivity contribution < 1.29 is 14.2 Å². The molecule has 2 heterocycles. The van der Waals surface area contributed by atoms with Crippen molar-refractivity contribution in [3.05, 3.63) is 42.1 Å². The molecule has 0 atom stereocenters. The van der Waals surface area contributed by atoms with Crippen molar-refractivity contribution in [2.24, 2.45) is 0 Å². The lowest BCUT2D eigenvalue weighted by molar-refractivity contribution is 0.171. The third kappa shape index (κ3) is 4.01. The number of fused-ring (bicyclic) bond motifs is 1. The molecule has 3 rings (SSSR count). The van der Waals surface area contributed by atoms with Crippen LogP contribution in [-0.2, 0) is 6.54 Å². The van der Waals surface area contributed by atoms with Crippen molar-refractivity contribution in [3.8, 4) is 17.4 Å². The molecule has 1 aliphatic rings. The number of pyridine rings is 1. The molecule has 0 radical (unpaired) electrons. The molecule has 0 bridgehead atoms. The third-order valence-corrected chi connectivity index (χ3v) is 3.51. The van der Waals surface area contributed by atoms with Crippen LogP contribution in [0.15, 0.2) is 36.5 Å². The standard InChI is InChI=1S/C16H17N3O3S/c1-20-15-5-3-12(10-17-15)19-16(23)18-9-11-2-4-13-14(8-11)22-7-6-21-13/h2-5,8,10H,6-7,9H2,1H3,(H2,18,19,23). The van der Waals surface area contributed by atoms with Crippen molar-refractivity contribution in [1.29, 1.82) is 0 Å². The molecular weight excluding hydrogens is 314 g/mol. The first kappa shape index (κ1) is 15.4. The first-order valence-electron chi connectivity index (χ1n) is 7.18. The minimum Gasteiger partial charge on any atom is -0.486 e. The summed E-state index contributed by atoms with van der Waals surface area (Å²) >= 11 is 5.28. The van der Waals surface area contributed by atoms with Crippen LogP contribution in [0.1, 0.15) is 5.56 Å². The summed E-state index contributed by atoms with van der Waals surface area (Å²) in [6.07, 6.45) is 1.66. The molecule has 1 aromatic carbocycles. The van der Waals surface area contributed by atoms with E-state index < -0.39 is 0 Å². The number of hydrogen-bond acceptors (Lipinski definition) is 5. The molecule has 1 aliphatic heterocycles. The van der Waals surface area contributed by atoms with Gasteiger partial charge in [-0.25, -0.2) is 4.98 Å². The van der Waals surface area contributed by atoms with Gasteiger partial charge in [-0.05, 0) is 36.0 Å². The Kier molecular flexibility index (Phi) is 4.77. The van der Waals surface area contributed by atoms with Crippen molar-refractivity contribution in [3.63, 3.8) is 0 Å². The summed E-state index contributed by atoms with van der Waals surface area (Å²) in [6.45, 7) is 1.76. The van der Waals surface area contributed by atoms with Gasteiger partial charge in [-0.2, -0.15) is 0 Å². The van der Waals surface area contributed by atoms with E-state index in [0.29, 0.717) is 30.8 Å². The van der Waals surface area contributed by atoms with Gasteiger partial charge in [0.2, 0.25) is 5.88 Å². The summed E-state index contributed by atoms with van der Waals surface area (Å²) in [5.74, 6) is 2.12. The number of hydrogen-bond donors (Lipinski definition) is 2. The van der Waals surface area contributed by atoms with Crippen molar-refractivity contribution in [2.45, 2.75) is 6.54 Å². The number of thiocarbonyl (C=S) groups is 1. The number of rotatable bonds is 4. The van der Waals surface area contributed by atoms with Crippen molar-refractivity contribution in [2.75, 3.05) is 25.6 Å². The van der Waals surface area contributed by atoms with E-state index in [1.807, 2.05) is 24.3 Å². The van der Waals surface area contributed by atoms with Gasteiger partial charge < -0.3 is 24.8 Å². The number of anilines is 1. The zero-order valence-corrected chi connectivity index (χ0v) is 13.5. The second kappa shape index (κ2) is 7.15. The topological polar surface area (TPSA) is 64.6 Å². The fraction of sp³-hybridized carbons (Fsp3) is 0.250. The van der Waals surface area contributed by atoms with Crippen LogP contribution in [0.5, 0.6) is 17.4 Å². The van der Waals surface area contributed by atoms with Gasteiger partial charge in [-0.15, -0.1) is 0 Å². The summed E-state index contributed by atoms with van der Waals surface area (Å²) < 4.78 is 16.1. The molecular formula is C16H17N3O3S. The maximum atomic E-state index is 5.57. The Labute approximate surface area is 139 Å². The fourth-order valence-corrected chi connectivity index (χ4v) is 2.32. The lowest BCUT2D eigenvalue weighted by Gasteiger charge is -2.19. The highest BCUT2D eigenvalue weighted by Gasteiger charge is 2.11. The molecule has 2 N–H and O–H groups in total. The number of benzene rings is 1. The highest BCUT2D eigenvalue weighted by Crippen LogP contribution is 2.30. The van der Waals surface area contributed by atoms with Crippen LogP contribution in [0.2, 0.25) is 0 Å². The second-order valence-corrected chi connectivity index (χ2v) is 5.28. The highest BCUT2D eigenvalue weighted by molar-refractivity contribution is 7.80. The average Bonchev–Trinajstić information content (AvgIpc) is 2.60. The average molecular weight is 331 g/mol. The Hall–Kier alpha value is -2.54. The fourth-order valence-electron chi connectivity index (χ4n) is 2.13. The molecule has 6 nitrogen and oxygen atoms in total. The summed E-state index contributed by atoms with van der Waals surface area (Å²) in [5, 5.41) is 6.74. The van der Waals surface area contributed by atoms with Gasteiger partial charge in [0.15, 0.2) is 16.6 Å². The Balaban J connectivity index is 1.54. The number of methoxy groups -OCH3 is 1. The van der Waals surface area contributed by atoms with E-state index in [4.69, 9.17) is 26.4 Å². The third-order valence-electron chi connectivity index (χ3n) is 3.26. The zero-order chi connectivity index (χ0) is 16.1. The normalized spacial score (nSPS) is 12.4. The van der Waals surface area contributed by atoms with E-state index in [0.717, 1.165) is 22.7 Å². The van der Waals surface area contributed by atoms with Crippen LogP contribution in [-0.4, -0.2) is 30.4 Å². The number of nitrogens with zero attached hydrogens (tertiary/aromatic N) is 1. The van der Waals surface area contributed by atoms with Crippen molar-refractivity contribution in [1.82, 2.24) is 10.3 Å². The monoisotopic (exact) mass is 331 g/mol. The lowest BCUT2D eigenvalue weighted by Crippen LogP contribution is -2.28. The van der Waals surface area contributed by atoms with E-state index >= 15 is 0 Å². The minimum absolute atomic E-state index is 0.520. The van der Waals surface area contributed by atoms with Crippen molar-refractivity contribution >= 4 is 23.0 Å². The van der Waals surface area contributed by atoms with Gasteiger partial charge >= 0.3 is 0 Å². The second-order valence-electron chi connectivity index (χ2n) is 4.87. The van der Waals surface area contributed by atoms with Crippen LogP contribution in [0.25, 0.3) is 0 Å². The van der Waals surface area contributed by atoms with E-state index in [2.05, 4.69) is 15.6 Å². The molecule has 7 heteroatoms. The summed E-state index contributed by atoms with van der Waals surface area (Å²) in [4.78, 5) is 4.11. The van der Waals surface area contributed by atoms with Gasteiger partial charge in [-0.1, -0.05) is 6.07 Å². The predicted octanol–water partition coefficient (Wildman–Crippen LogP) is 2.35. The van der Waals surface area contributed by atoms with Gasteiger partial charge in [0, 0.05) is 12.6 Å². The van der Waals surface area contributed by atoms with Crippen LogP contribution >= 0.6 is 12.2 Å². The van der Waals surface area contributed by atoms with E-state index in [1.165, 1.54) is 0 Å². The van der Waals surface area contributed by atoms with E-state index in [9.17, 15) is 0 Å².